The largest absolute Gasteiger partial charge is 0.493 e. The molecule has 7 heteroatoms. The summed E-state index contributed by atoms with van der Waals surface area (Å²) in [5, 5.41) is 11.9. The lowest BCUT2D eigenvalue weighted by Gasteiger charge is -2.14. The topological polar surface area (TPSA) is 84.9 Å². The molecule has 2 rings (SSSR count). The molecular weight excluding hydrogens is 334 g/mol. The fraction of sp³-hybridized carbons (Fsp3) is 0.176. The van der Waals surface area contributed by atoms with E-state index in [9.17, 15) is 14.7 Å². The fourth-order valence-corrected chi connectivity index (χ4v) is 2.32. The van der Waals surface area contributed by atoms with Crippen molar-refractivity contribution in [3.63, 3.8) is 0 Å². The van der Waals surface area contributed by atoms with Crippen molar-refractivity contribution in [2.24, 2.45) is 0 Å². The molecule has 0 aliphatic heterocycles. The molecular formula is C17H16ClNO5. The summed E-state index contributed by atoms with van der Waals surface area (Å²) in [6.45, 7) is 0. The number of rotatable bonds is 6. The summed E-state index contributed by atoms with van der Waals surface area (Å²) in [5.74, 6) is -0.792. The number of hydrogen-bond donors (Lipinski definition) is 2. The molecule has 0 saturated heterocycles. The van der Waals surface area contributed by atoms with Crippen LogP contribution in [0.2, 0.25) is 0 Å². The van der Waals surface area contributed by atoms with Gasteiger partial charge in [-0.3, -0.25) is 4.79 Å². The number of alkyl halides is 1. The van der Waals surface area contributed by atoms with E-state index in [0.29, 0.717) is 11.3 Å². The van der Waals surface area contributed by atoms with E-state index in [1.807, 2.05) is 0 Å². The molecule has 0 aliphatic carbocycles. The Morgan fingerprint density at radius 3 is 2.38 bits per heavy atom. The minimum atomic E-state index is -1.19. The highest BCUT2D eigenvalue weighted by molar-refractivity contribution is 6.17. The molecule has 0 aromatic heterocycles. The molecule has 24 heavy (non-hydrogen) atoms. The van der Waals surface area contributed by atoms with E-state index in [1.165, 1.54) is 26.4 Å². The van der Waals surface area contributed by atoms with Crippen LogP contribution in [0.3, 0.4) is 0 Å². The van der Waals surface area contributed by atoms with Gasteiger partial charge in [0, 0.05) is 23.6 Å². The van der Waals surface area contributed by atoms with Gasteiger partial charge < -0.3 is 19.9 Å². The van der Waals surface area contributed by atoms with Gasteiger partial charge in [0.05, 0.1) is 25.5 Å². The van der Waals surface area contributed by atoms with Gasteiger partial charge in [-0.05, 0) is 17.7 Å². The van der Waals surface area contributed by atoms with Crippen LogP contribution >= 0.6 is 11.6 Å². The fourth-order valence-electron chi connectivity index (χ4n) is 2.15. The number of ether oxygens (including phenoxy) is 2. The van der Waals surface area contributed by atoms with E-state index in [4.69, 9.17) is 21.1 Å². The number of benzene rings is 2. The summed E-state index contributed by atoms with van der Waals surface area (Å²) in [5.41, 5.74) is 1.17. The molecule has 6 nitrogen and oxygen atoms in total. The van der Waals surface area contributed by atoms with Crippen molar-refractivity contribution in [3.05, 3.63) is 53.1 Å². The van der Waals surface area contributed by atoms with Crippen molar-refractivity contribution in [2.45, 2.75) is 5.88 Å². The van der Waals surface area contributed by atoms with E-state index in [-0.39, 0.29) is 22.9 Å². The summed E-state index contributed by atoms with van der Waals surface area (Å²) in [4.78, 5) is 23.8. The summed E-state index contributed by atoms with van der Waals surface area (Å²) in [7, 11) is 2.83. The zero-order valence-electron chi connectivity index (χ0n) is 13.1. The lowest BCUT2D eigenvalue weighted by Crippen LogP contribution is -2.15. The van der Waals surface area contributed by atoms with E-state index in [1.54, 1.807) is 24.3 Å². The normalized spacial score (nSPS) is 10.1. The summed E-state index contributed by atoms with van der Waals surface area (Å²) < 4.78 is 10.2. The average Bonchev–Trinajstić information content (AvgIpc) is 2.60. The lowest BCUT2D eigenvalue weighted by atomic mass is 10.1. The van der Waals surface area contributed by atoms with Crippen molar-refractivity contribution in [1.82, 2.24) is 0 Å². The van der Waals surface area contributed by atoms with Crippen molar-refractivity contribution < 1.29 is 24.2 Å². The smallest absolute Gasteiger partial charge is 0.337 e. The number of carbonyl (C=O) groups is 2. The van der Waals surface area contributed by atoms with Gasteiger partial charge in [-0.1, -0.05) is 12.1 Å². The third-order valence-corrected chi connectivity index (χ3v) is 3.65. The number of amides is 1. The van der Waals surface area contributed by atoms with Crippen LogP contribution in [-0.4, -0.2) is 31.2 Å². The highest BCUT2D eigenvalue weighted by atomic mass is 35.5. The first kappa shape index (κ1) is 17.6. The number of carboxylic acids is 1. The number of methoxy groups -OCH3 is 2. The number of hydrogen-bond acceptors (Lipinski definition) is 4. The first-order valence-corrected chi connectivity index (χ1v) is 7.49. The average molecular weight is 350 g/mol. The van der Waals surface area contributed by atoms with Gasteiger partial charge in [0.25, 0.3) is 5.91 Å². The molecule has 0 fully saturated rings. The van der Waals surface area contributed by atoms with Crippen LogP contribution in [0.1, 0.15) is 26.3 Å². The second-order valence-corrected chi connectivity index (χ2v) is 5.11. The molecule has 0 spiro atoms. The van der Waals surface area contributed by atoms with Crippen LogP contribution < -0.4 is 14.8 Å². The molecule has 0 heterocycles. The predicted octanol–water partition coefficient (Wildman–Crippen LogP) is 3.39. The minimum absolute atomic E-state index is 0.102. The van der Waals surface area contributed by atoms with Gasteiger partial charge in [0.2, 0.25) is 0 Å². The Morgan fingerprint density at radius 1 is 1.12 bits per heavy atom. The van der Waals surface area contributed by atoms with E-state index < -0.39 is 11.9 Å². The summed E-state index contributed by atoms with van der Waals surface area (Å²) in [6.07, 6.45) is 0. The maximum absolute atomic E-state index is 12.4. The number of nitrogens with one attached hydrogen (secondary N) is 1. The van der Waals surface area contributed by atoms with Gasteiger partial charge >= 0.3 is 5.97 Å². The SMILES string of the molecule is COc1cc(NC(=O)c2cccc(CCl)c2)c(C(=O)O)cc1OC. The van der Waals surface area contributed by atoms with Crippen LogP contribution in [0.25, 0.3) is 0 Å². The predicted molar refractivity (Wildman–Crippen MR) is 90.5 cm³/mol. The summed E-state index contributed by atoms with van der Waals surface area (Å²) >= 11 is 5.76. The van der Waals surface area contributed by atoms with E-state index in [0.717, 1.165) is 5.56 Å². The van der Waals surface area contributed by atoms with Crippen molar-refractivity contribution >= 4 is 29.2 Å². The Labute approximate surface area is 144 Å². The lowest BCUT2D eigenvalue weighted by molar-refractivity contribution is 0.0697. The molecule has 126 valence electrons. The zero-order chi connectivity index (χ0) is 17.7. The molecule has 2 aromatic rings. The highest BCUT2D eigenvalue weighted by Crippen LogP contribution is 2.33. The Hall–Kier alpha value is -2.73. The van der Waals surface area contributed by atoms with Crippen molar-refractivity contribution in [1.29, 1.82) is 0 Å². The molecule has 1 amide bonds. The van der Waals surface area contributed by atoms with Gasteiger partial charge in [0.1, 0.15) is 0 Å². The van der Waals surface area contributed by atoms with Crippen LogP contribution in [0.4, 0.5) is 5.69 Å². The third kappa shape index (κ3) is 3.78. The quantitative estimate of drug-likeness (QED) is 0.781. The van der Waals surface area contributed by atoms with E-state index in [2.05, 4.69) is 5.32 Å². The number of aromatic carboxylic acids is 1. The first-order chi connectivity index (χ1) is 11.5. The molecule has 0 radical (unpaired) electrons. The second-order valence-electron chi connectivity index (χ2n) is 4.85. The second kappa shape index (κ2) is 7.70. The maximum atomic E-state index is 12.4. The van der Waals surface area contributed by atoms with Crippen LogP contribution in [0.5, 0.6) is 11.5 Å². The first-order valence-electron chi connectivity index (χ1n) is 6.95. The van der Waals surface area contributed by atoms with Gasteiger partial charge in [-0.25, -0.2) is 4.79 Å². The highest BCUT2D eigenvalue weighted by Gasteiger charge is 2.18. The molecule has 2 aromatic carbocycles. The Morgan fingerprint density at radius 2 is 1.79 bits per heavy atom. The van der Waals surface area contributed by atoms with Crippen LogP contribution in [0, 0.1) is 0 Å². The van der Waals surface area contributed by atoms with Crippen molar-refractivity contribution in [2.75, 3.05) is 19.5 Å². The Bertz CT molecular complexity index is 776. The van der Waals surface area contributed by atoms with Crippen molar-refractivity contribution in [3.8, 4) is 11.5 Å². The number of carbonyl (C=O) groups excluding carboxylic acids is 1. The van der Waals surface area contributed by atoms with Crippen LogP contribution in [-0.2, 0) is 5.88 Å². The summed E-state index contributed by atoms with van der Waals surface area (Å²) in [6, 6.07) is 9.47. The molecule has 2 N–H and O–H groups in total. The van der Waals surface area contributed by atoms with Gasteiger partial charge in [-0.15, -0.1) is 11.6 Å². The molecule has 0 atom stereocenters. The molecule has 0 aliphatic rings. The van der Waals surface area contributed by atoms with E-state index >= 15 is 0 Å². The maximum Gasteiger partial charge on any atom is 0.337 e. The molecule has 0 saturated carbocycles. The standard InChI is InChI=1S/C17H16ClNO5/c1-23-14-7-12(17(21)22)13(8-15(14)24-2)19-16(20)11-5-3-4-10(6-11)9-18/h3-8H,9H2,1-2H3,(H,19,20)(H,21,22). The molecule has 0 bridgehead atoms. The number of carboxylic acid groups (broad SMARTS) is 1. The molecule has 0 unspecified atom stereocenters. The number of anilines is 1. The monoisotopic (exact) mass is 349 g/mol. The third-order valence-electron chi connectivity index (χ3n) is 3.35. The Kier molecular flexibility index (Phi) is 5.65. The van der Waals surface area contributed by atoms with Crippen LogP contribution in [0.15, 0.2) is 36.4 Å². The zero-order valence-corrected chi connectivity index (χ0v) is 13.9. The van der Waals surface area contributed by atoms with Gasteiger partial charge in [0.15, 0.2) is 11.5 Å². The minimum Gasteiger partial charge on any atom is -0.493 e. The van der Waals surface area contributed by atoms with Gasteiger partial charge in [-0.2, -0.15) is 0 Å². The Balaban J connectivity index is 2.40. The number of halogens is 1.